The quantitative estimate of drug-likeness (QED) is 0.871. The highest BCUT2D eigenvalue weighted by molar-refractivity contribution is 5.84. The summed E-state index contributed by atoms with van der Waals surface area (Å²) in [7, 11) is 0. The molecule has 0 heterocycles. The lowest BCUT2D eigenvalue weighted by molar-refractivity contribution is -0.145. The zero-order valence-electron chi connectivity index (χ0n) is 11.9. The predicted molar refractivity (Wildman–Crippen MR) is 70.9 cm³/mol. The van der Waals surface area contributed by atoms with E-state index in [0.717, 1.165) is 12.1 Å². The van der Waals surface area contributed by atoms with E-state index < -0.39 is 41.6 Å². The van der Waals surface area contributed by atoms with Crippen molar-refractivity contribution in [2.24, 2.45) is 5.41 Å². The number of carbonyl (C=O) groups is 2. The lowest BCUT2D eigenvalue weighted by atomic mass is 9.87. The Morgan fingerprint density at radius 2 is 1.95 bits per heavy atom. The van der Waals surface area contributed by atoms with E-state index in [9.17, 15) is 18.4 Å². The van der Waals surface area contributed by atoms with Gasteiger partial charge in [0.25, 0.3) is 5.91 Å². The SMILES string of the molecule is CC(C)(C)[C@@H](NC(=O)COc1ccc(F)cc1F)C(=O)O. The van der Waals surface area contributed by atoms with Crippen LogP contribution in [0.15, 0.2) is 18.2 Å². The van der Waals surface area contributed by atoms with Crippen molar-refractivity contribution >= 4 is 11.9 Å². The number of nitrogens with one attached hydrogen (secondary N) is 1. The van der Waals surface area contributed by atoms with Crippen molar-refractivity contribution in [3.05, 3.63) is 29.8 Å². The first-order valence-electron chi connectivity index (χ1n) is 6.21. The lowest BCUT2D eigenvalue weighted by Gasteiger charge is -2.27. The molecule has 0 aromatic heterocycles. The highest BCUT2D eigenvalue weighted by Gasteiger charge is 2.32. The molecule has 5 nitrogen and oxygen atoms in total. The molecule has 7 heteroatoms. The number of hydrogen-bond acceptors (Lipinski definition) is 3. The van der Waals surface area contributed by atoms with Crippen LogP contribution in [-0.2, 0) is 9.59 Å². The minimum atomic E-state index is -1.18. The first-order chi connectivity index (χ1) is 9.61. The van der Waals surface area contributed by atoms with Crippen molar-refractivity contribution in [2.75, 3.05) is 6.61 Å². The molecule has 1 rings (SSSR count). The van der Waals surface area contributed by atoms with Gasteiger partial charge < -0.3 is 15.2 Å². The minimum absolute atomic E-state index is 0.283. The largest absolute Gasteiger partial charge is 0.481 e. The van der Waals surface area contributed by atoms with E-state index in [1.165, 1.54) is 0 Å². The van der Waals surface area contributed by atoms with Crippen molar-refractivity contribution in [2.45, 2.75) is 26.8 Å². The van der Waals surface area contributed by atoms with Gasteiger partial charge >= 0.3 is 5.97 Å². The Morgan fingerprint density at radius 3 is 2.43 bits per heavy atom. The fourth-order valence-electron chi connectivity index (χ4n) is 1.59. The van der Waals surface area contributed by atoms with Crippen LogP contribution in [0.2, 0.25) is 0 Å². The Morgan fingerprint density at radius 1 is 1.33 bits per heavy atom. The first kappa shape index (κ1) is 16.9. The average Bonchev–Trinajstić information content (AvgIpc) is 2.33. The molecule has 0 saturated carbocycles. The number of benzene rings is 1. The fourth-order valence-corrected chi connectivity index (χ4v) is 1.59. The Hall–Kier alpha value is -2.18. The van der Waals surface area contributed by atoms with Gasteiger partial charge in [-0.1, -0.05) is 20.8 Å². The molecule has 21 heavy (non-hydrogen) atoms. The number of halogens is 2. The molecule has 0 aliphatic rings. The summed E-state index contributed by atoms with van der Waals surface area (Å²) >= 11 is 0. The van der Waals surface area contributed by atoms with Gasteiger partial charge in [-0.05, 0) is 17.5 Å². The van der Waals surface area contributed by atoms with E-state index in [0.29, 0.717) is 6.07 Å². The number of rotatable bonds is 5. The highest BCUT2D eigenvalue weighted by atomic mass is 19.1. The molecule has 0 fully saturated rings. The monoisotopic (exact) mass is 301 g/mol. The topological polar surface area (TPSA) is 75.6 Å². The third kappa shape index (κ3) is 5.02. The van der Waals surface area contributed by atoms with E-state index in [2.05, 4.69) is 5.32 Å². The number of aliphatic carboxylic acids is 1. The van der Waals surface area contributed by atoms with E-state index in [1.54, 1.807) is 20.8 Å². The van der Waals surface area contributed by atoms with Crippen LogP contribution in [0.1, 0.15) is 20.8 Å². The van der Waals surface area contributed by atoms with Crippen molar-refractivity contribution in [1.29, 1.82) is 0 Å². The number of carbonyl (C=O) groups excluding carboxylic acids is 1. The molecule has 1 atom stereocenters. The number of hydrogen-bond donors (Lipinski definition) is 2. The number of ether oxygens (including phenoxy) is 1. The molecule has 2 N–H and O–H groups in total. The second-order valence-electron chi connectivity index (χ2n) is 5.57. The van der Waals surface area contributed by atoms with E-state index in [1.807, 2.05) is 0 Å². The van der Waals surface area contributed by atoms with Crippen LogP contribution >= 0.6 is 0 Å². The fraction of sp³-hybridized carbons (Fsp3) is 0.429. The molecule has 0 saturated heterocycles. The highest BCUT2D eigenvalue weighted by Crippen LogP contribution is 2.20. The summed E-state index contributed by atoms with van der Waals surface area (Å²) in [6, 6.07) is 1.57. The summed E-state index contributed by atoms with van der Waals surface area (Å²) in [6.07, 6.45) is 0. The third-order valence-electron chi connectivity index (χ3n) is 2.67. The molecule has 1 amide bonds. The van der Waals surface area contributed by atoms with Gasteiger partial charge in [0.05, 0.1) is 0 Å². The van der Waals surface area contributed by atoms with Crippen LogP contribution in [-0.4, -0.2) is 29.6 Å². The minimum Gasteiger partial charge on any atom is -0.481 e. The van der Waals surface area contributed by atoms with Gasteiger partial charge in [0.1, 0.15) is 11.9 Å². The van der Waals surface area contributed by atoms with Gasteiger partial charge in [-0.3, -0.25) is 4.79 Å². The van der Waals surface area contributed by atoms with Crippen LogP contribution in [0, 0.1) is 17.0 Å². The normalized spacial score (nSPS) is 12.6. The molecule has 0 aliphatic heterocycles. The van der Waals surface area contributed by atoms with Gasteiger partial charge in [-0.2, -0.15) is 0 Å². The van der Waals surface area contributed by atoms with Gasteiger partial charge in [-0.15, -0.1) is 0 Å². The second kappa shape index (κ2) is 6.51. The maximum absolute atomic E-state index is 13.3. The van der Waals surface area contributed by atoms with Crippen molar-refractivity contribution in [3.8, 4) is 5.75 Å². The Kier molecular flexibility index (Phi) is 5.23. The van der Waals surface area contributed by atoms with Gasteiger partial charge in [0.15, 0.2) is 18.2 Å². The molecule has 116 valence electrons. The number of amides is 1. The summed E-state index contributed by atoms with van der Waals surface area (Å²) in [6.45, 7) is 4.41. The molecule has 1 aromatic rings. The molecule has 0 radical (unpaired) electrons. The molecule has 0 bridgehead atoms. The van der Waals surface area contributed by atoms with Crippen LogP contribution in [0.25, 0.3) is 0 Å². The van der Waals surface area contributed by atoms with Crippen LogP contribution in [0.4, 0.5) is 8.78 Å². The van der Waals surface area contributed by atoms with Crippen LogP contribution < -0.4 is 10.1 Å². The zero-order chi connectivity index (χ0) is 16.2. The van der Waals surface area contributed by atoms with Gasteiger partial charge in [0.2, 0.25) is 0 Å². The van der Waals surface area contributed by atoms with Crippen molar-refractivity contribution in [3.63, 3.8) is 0 Å². The maximum atomic E-state index is 13.3. The lowest BCUT2D eigenvalue weighted by Crippen LogP contribution is -2.50. The Balaban J connectivity index is 2.63. The second-order valence-corrected chi connectivity index (χ2v) is 5.57. The summed E-state index contributed by atoms with van der Waals surface area (Å²) in [5.74, 6) is -3.87. The summed E-state index contributed by atoms with van der Waals surface area (Å²) in [5, 5.41) is 11.4. The van der Waals surface area contributed by atoms with Gasteiger partial charge in [-0.25, -0.2) is 13.6 Å². The zero-order valence-corrected chi connectivity index (χ0v) is 11.9. The molecular weight excluding hydrogens is 284 g/mol. The molecule has 0 unspecified atom stereocenters. The Labute approximate surface area is 120 Å². The smallest absolute Gasteiger partial charge is 0.326 e. The summed E-state index contributed by atoms with van der Waals surface area (Å²) < 4.78 is 30.9. The van der Waals surface area contributed by atoms with E-state index in [-0.39, 0.29) is 5.75 Å². The number of carboxylic acid groups (broad SMARTS) is 1. The molecule has 0 aliphatic carbocycles. The standard InChI is InChI=1S/C14H17F2NO4/c1-14(2,3)12(13(19)20)17-11(18)7-21-10-5-4-8(15)6-9(10)16/h4-6,12H,7H2,1-3H3,(H,17,18)(H,19,20)/t12-/m0/s1. The third-order valence-corrected chi connectivity index (χ3v) is 2.67. The molecule has 1 aromatic carbocycles. The average molecular weight is 301 g/mol. The van der Waals surface area contributed by atoms with E-state index >= 15 is 0 Å². The summed E-state index contributed by atoms with van der Waals surface area (Å²) in [5.41, 5.74) is -0.692. The van der Waals surface area contributed by atoms with Crippen molar-refractivity contribution in [1.82, 2.24) is 5.32 Å². The maximum Gasteiger partial charge on any atom is 0.326 e. The van der Waals surface area contributed by atoms with Crippen molar-refractivity contribution < 1.29 is 28.2 Å². The van der Waals surface area contributed by atoms with E-state index in [4.69, 9.17) is 9.84 Å². The van der Waals surface area contributed by atoms with Crippen LogP contribution in [0.5, 0.6) is 5.75 Å². The van der Waals surface area contributed by atoms with Crippen LogP contribution in [0.3, 0.4) is 0 Å². The molecule has 0 spiro atoms. The molecular formula is C14H17F2NO4. The number of carboxylic acids is 1. The first-order valence-corrected chi connectivity index (χ1v) is 6.21. The summed E-state index contributed by atoms with van der Waals surface area (Å²) in [4.78, 5) is 22.8. The van der Waals surface area contributed by atoms with Gasteiger partial charge in [0, 0.05) is 6.07 Å². The predicted octanol–water partition coefficient (Wildman–Crippen LogP) is 1.96. The Bertz CT molecular complexity index is 540.